The third-order valence-corrected chi connectivity index (χ3v) is 11.4. The first kappa shape index (κ1) is 36.1. The molecule has 0 unspecified atom stereocenters. The van der Waals surface area contributed by atoms with Crippen LogP contribution >= 0.6 is 0 Å². The van der Waals surface area contributed by atoms with Gasteiger partial charge in [-0.1, -0.05) is 60.7 Å². The number of hydrogen-bond acceptors (Lipinski definition) is 8. The molecule has 10 heteroatoms. The molecule has 288 valence electrons. The van der Waals surface area contributed by atoms with E-state index in [9.17, 15) is 0 Å². The highest BCUT2D eigenvalue weighted by Crippen LogP contribution is 2.40. The first-order chi connectivity index (χ1) is 27.5. The van der Waals surface area contributed by atoms with Crippen LogP contribution in [0.3, 0.4) is 0 Å². The highest BCUT2D eigenvalue weighted by Gasteiger charge is 2.29. The topological polar surface area (TPSA) is 79.0 Å². The number of benzene rings is 4. The first-order valence-corrected chi connectivity index (χ1v) is 20.0. The van der Waals surface area contributed by atoms with Crippen molar-refractivity contribution in [1.29, 1.82) is 0 Å². The number of fused-ring (bicyclic) bond motifs is 2. The van der Waals surface area contributed by atoms with E-state index in [2.05, 4.69) is 105 Å². The molecule has 6 heterocycles. The molecule has 0 spiro atoms. The van der Waals surface area contributed by atoms with Crippen LogP contribution in [0.15, 0.2) is 110 Å². The maximum absolute atomic E-state index is 5.78. The third kappa shape index (κ3) is 8.03. The van der Waals surface area contributed by atoms with Crippen LogP contribution in [0.2, 0.25) is 0 Å². The molecule has 56 heavy (non-hydrogen) atoms. The molecule has 6 aromatic rings. The Labute approximate surface area is 329 Å². The summed E-state index contributed by atoms with van der Waals surface area (Å²) >= 11 is 0. The Morgan fingerprint density at radius 3 is 1.30 bits per heavy atom. The minimum Gasteiger partial charge on any atom is -0.486 e. The van der Waals surface area contributed by atoms with Gasteiger partial charge >= 0.3 is 0 Å². The average molecular weight is 751 g/mol. The van der Waals surface area contributed by atoms with Gasteiger partial charge in [-0.25, -0.2) is 0 Å². The Kier molecular flexibility index (Phi) is 10.5. The van der Waals surface area contributed by atoms with Crippen LogP contribution < -0.4 is 18.9 Å². The predicted molar refractivity (Wildman–Crippen MR) is 217 cm³/mol. The van der Waals surface area contributed by atoms with Gasteiger partial charge in [0, 0.05) is 62.8 Å². The predicted octanol–water partition coefficient (Wildman–Crippen LogP) is 8.39. The molecule has 2 saturated heterocycles. The van der Waals surface area contributed by atoms with Crippen LogP contribution in [-0.4, -0.2) is 68.9 Å². The standard InChI is InChI=1S/2C23H25N3O2/c2*1-25-16-20(14-24-25)18-6-4-17(5-7-18)15-26-10-2-3-21(26)19-8-9-22-23(13-19)28-12-11-27-22/h2*4-9,13-14,16,21H,2-3,10-12,15H2,1H3/t2*21-/m10/s1. The Morgan fingerprint density at radius 1 is 0.500 bits per heavy atom. The first-order valence-electron chi connectivity index (χ1n) is 20.0. The lowest BCUT2D eigenvalue weighted by molar-refractivity contribution is 0.170. The van der Waals surface area contributed by atoms with Gasteiger partial charge in [0.1, 0.15) is 26.4 Å². The molecule has 2 aromatic heterocycles. The van der Waals surface area contributed by atoms with Crippen LogP contribution in [0.4, 0.5) is 0 Å². The van der Waals surface area contributed by atoms with Gasteiger partial charge in [-0.3, -0.25) is 19.2 Å². The molecule has 0 radical (unpaired) electrons. The zero-order valence-electron chi connectivity index (χ0n) is 32.3. The third-order valence-electron chi connectivity index (χ3n) is 11.4. The fraction of sp³-hybridized carbons (Fsp3) is 0.348. The average Bonchev–Trinajstić information content (AvgIpc) is 4.08. The molecule has 4 aromatic carbocycles. The highest BCUT2D eigenvalue weighted by atomic mass is 16.6. The Balaban J connectivity index is 0.000000146. The second-order valence-corrected chi connectivity index (χ2v) is 15.3. The Hall–Kier alpha value is -5.58. The number of nitrogens with zero attached hydrogens (tertiary/aromatic N) is 6. The summed E-state index contributed by atoms with van der Waals surface area (Å²) in [6.45, 7) is 6.72. The van der Waals surface area contributed by atoms with Crippen molar-refractivity contribution in [2.24, 2.45) is 14.1 Å². The molecule has 4 aliphatic rings. The molecule has 10 rings (SSSR count). The Bertz CT molecular complexity index is 2090. The van der Waals surface area contributed by atoms with E-state index in [1.165, 1.54) is 59.1 Å². The summed E-state index contributed by atoms with van der Waals surface area (Å²) in [4.78, 5) is 5.15. The van der Waals surface area contributed by atoms with E-state index in [0.29, 0.717) is 38.5 Å². The highest BCUT2D eigenvalue weighted by molar-refractivity contribution is 5.62. The smallest absolute Gasteiger partial charge is 0.161 e. The molecule has 0 saturated carbocycles. The lowest BCUT2D eigenvalue weighted by Crippen LogP contribution is -2.23. The summed E-state index contributed by atoms with van der Waals surface area (Å²) in [7, 11) is 3.90. The van der Waals surface area contributed by atoms with Gasteiger partial charge in [0.25, 0.3) is 0 Å². The van der Waals surface area contributed by atoms with Crippen molar-refractivity contribution < 1.29 is 18.9 Å². The summed E-state index contributed by atoms with van der Waals surface area (Å²) in [5.74, 6) is 3.50. The second-order valence-electron chi connectivity index (χ2n) is 15.3. The molecular weight excluding hydrogens is 701 g/mol. The van der Waals surface area contributed by atoms with E-state index in [0.717, 1.165) is 60.3 Å². The fourth-order valence-electron chi connectivity index (χ4n) is 8.53. The summed E-state index contributed by atoms with van der Waals surface area (Å²) in [5, 5.41) is 8.52. The van der Waals surface area contributed by atoms with Crippen LogP contribution in [0.1, 0.15) is 60.0 Å². The molecule has 10 nitrogen and oxygen atoms in total. The van der Waals surface area contributed by atoms with Crippen molar-refractivity contribution >= 4 is 0 Å². The van der Waals surface area contributed by atoms with E-state index in [4.69, 9.17) is 18.9 Å². The van der Waals surface area contributed by atoms with Crippen LogP contribution in [-0.2, 0) is 27.2 Å². The number of aryl methyl sites for hydroxylation is 2. The number of aromatic nitrogens is 4. The fourth-order valence-corrected chi connectivity index (χ4v) is 8.53. The summed E-state index contributed by atoms with van der Waals surface area (Å²) in [5.41, 5.74) is 10.1. The largest absolute Gasteiger partial charge is 0.486 e. The molecule has 0 amide bonds. The number of hydrogen-bond donors (Lipinski definition) is 0. The minimum absolute atomic E-state index is 0.439. The maximum atomic E-state index is 5.78. The van der Waals surface area contributed by atoms with Crippen molar-refractivity contribution in [3.8, 4) is 45.3 Å². The van der Waals surface area contributed by atoms with Gasteiger partial charge < -0.3 is 18.9 Å². The van der Waals surface area contributed by atoms with E-state index < -0.39 is 0 Å². The Morgan fingerprint density at radius 2 is 0.911 bits per heavy atom. The quantitative estimate of drug-likeness (QED) is 0.154. The molecule has 2 fully saturated rings. The lowest BCUT2D eigenvalue weighted by atomic mass is 10.0. The van der Waals surface area contributed by atoms with Crippen LogP contribution in [0.5, 0.6) is 23.0 Å². The van der Waals surface area contributed by atoms with E-state index in [-0.39, 0.29) is 0 Å². The van der Waals surface area contributed by atoms with Crippen molar-refractivity contribution in [2.45, 2.75) is 50.9 Å². The number of ether oxygens (including phenoxy) is 4. The summed E-state index contributed by atoms with van der Waals surface area (Å²) in [6.07, 6.45) is 12.8. The maximum Gasteiger partial charge on any atom is 0.161 e. The van der Waals surface area contributed by atoms with E-state index in [1.54, 1.807) is 0 Å². The van der Waals surface area contributed by atoms with Gasteiger partial charge in [0.2, 0.25) is 0 Å². The van der Waals surface area contributed by atoms with Gasteiger partial charge in [0.05, 0.1) is 12.4 Å². The van der Waals surface area contributed by atoms with E-state index >= 15 is 0 Å². The summed E-state index contributed by atoms with van der Waals surface area (Å²) < 4.78 is 26.6. The van der Waals surface area contributed by atoms with Crippen molar-refractivity contribution in [3.05, 3.63) is 132 Å². The van der Waals surface area contributed by atoms with Gasteiger partial charge in [-0.2, -0.15) is 10.2 Å². The molecule has 4 aliphatic heterocycles. The number of likely N-dealkylation sites (tertiary alicyclic amines) is 2. The van der Waals surface area contributed by atoms with Gasteiger partial charge in [0.15, 0.2) is 23.0 Å². The lowest BCUT2D eigenvalue weighted by Gasteiger charge is -2.26. The zero-order valence-corrected chi connectivity index (χ0v) is 32.3. The zero-order chi connectivity index (χ0) is 37.8. The number of rotatable bonds is 8. The van der Waals surface area contributed by atoms with Gasteiger partial charge in [-0.05, 0) is 96.4 Å². The van der Waals surface area contributed by atoms with Gasteiger partial charge in [-0.15, -0.1) is 0 Å². The molecule has 0 aliphatic carbocycles. The van der Waals surface area contributed by atoms with Crippen molar-refractivity contribution in [2.75, 3.05) is 39.5 Å². The van der Waals surface area contributed by atoms with Crippen LogP contribution in [0.25, 0.3) is 22.3 Å². The summed E-state index contributed by atoms with van der Waals surface area (Å²) in [6, 6.07) is 31.5. The monoisotopic (exact) mass is 750 g/mol. The molecule has 0 N–H and O–H groups in total. The minimum atomic E-state index is 0.439. The normalized spacial score (nSPS) is 19.1. The molecular formula is C46H50N6O4. The molecule has 0 bridgehead atoms. The van der Waals surface area contributed by atoms with Crippen molar-refractivity contribution in [3.63, 3.8) is 0 Å². The second kappa shape index (κ2) is 16.3. The van der Waals surface area contributed by atoms with Crippen molar-refractivity contribution in [1.82, 2.24) is 29.4 Å². The van der Waals surface area contributed by atoms with E-state index in [1.807, 2.05) is 48.2 Å². The molecule has 2 atom stereocenters. The van der Waals surface area contributed by atoms with Crippen LogP contribution in [0, 0.1) is 0 Å². The SMILES string of the molecule is Cn1cc(-c2ccc(CN3CCC[C@@H]3c3ccc4c(c3)OCCO4)cc2)cn1.Cn1cc(-c2ccc(CN3CCC[C@H]3c3ccc4c(c3)OCCO4)cc2)cn1.